The maximum Gasteiger partial charge on any atom is 0.153 e. The molecule has 18 aromatic rings. The van der Waals surface area contributed by atoms with E-state index in [4.69, 9.17) is 0 Å². The van der Waals surface area contributed by atoms with Crippen molar-refractivity contribution in [1.29, 1.82) is 0 Å². The molecular weight excluding hydrogens is 1850 g/mol. The Kier molecular flexibility index (Phi) is 23.0. The topological polar surface area (TPSA) is 29.6 Å². The van der Waals surface area contributed by atoms with Crippen LogP contribution in [-0.4, -0.2) is 59.4 Å². The molecule has 0 amide bonds. The van der Waals surface area contributed by atoms with Gasteiger partial charge in [-0.15, -0.1) is 0 Å². The van der Waals surface area contributed by atoms with Crippen LogP contribution in [0.25, 0.3) is 132 Å². The Morgan fingerprint density at radius 2 is 0.458 bits per heavy atom. The van der Waals surface area contributed by atoms with E-state index in [1.54, 1.807) is 0 Å². The molecule has 13 heteroatoms. The van der Waals surface area contributed by atoms with E-state index >= 15 is 0 Å². The highest BCUT2D eigenvalue weighted by molar-refractivity contribution is 9.11. The molecule has 0 saturated carbocycles. The van der Waals surface area contributed by atoms with E-state index in [1.807, 2.05) is 0 Å². The van der Waals surface area contributed by atoms with Gasteiger partial charge in [0.25, 0.3) is 0 Å². The molecule has 6 aromatic heterocycles. The number of hydrogen-bond acceptors (Lipinski definition) is 0. The number of nitrogens with zero attached hydrogens (tertiary/aromatic N) is 6. The van der Waals surface area contributed by atoms with Gasteiger partial charge in [-0.3, -0.25) is 0 Å². The lowest BCUT2D eigenvalue weighted by atomic mass is 9.86. The van der Waals surface area contributed by atoms with Crippen molar-refractivity contribution in [2.75, 3.05) is 0 Å². The Balaban J connectivity index is 0.000000102. The van der Waals surface area contributed by atoms with Crippen LogP contribution in [0.15, 0.2) is 268 Å². The number of aromatic nitrogens is 6. The monoisotopic (exact) mass is 1980 g/mol. The van der Waals surface area contributed by atoms with Crippen LogP contribution in [-0.2, 0) is 81.2 Å². The molecule has 0 N–H and O–H groups in total. The fourth-order valence-corrected chi connectivity index (χ4v) is 29.7. The summed E-state index contributed by atoms with van der Waals surface area (Å²) < 4.78 is 18.8. The van der Waals surface area contributed by atoms with E-state index in [0.717, 1.165) is 51.9 Å². The van der Waals surface area contributed by atoms with Gasteiger partial charge in [0.15, 0.2) is 16.5 Å². The SMILES string of the molecule is CC(C)(C)c1ccc2c(c1)c1c(n2C[Si](C)(C)C)Cc2ccccc2-1.CC(C)(C)c1ccc2c(c1)c1c(n2[Si](C)(C)C)Cc2ccccc2-1.C[Si](C)(C)Cn1c2c(c3cc(Br)ccc31)-c1ccccc1C2.C[Si](C)(C)n1c2c(c3cc(Br)ccc31)-c1ccccc1C2.Cn1c2c(c3cc(Br)ccc31)-c1ccccc1C2.Cn1c2c(c3cc(C(C)(C)C)ccc31)-c1ccccc1C2. The highest BCUT2D eigenvalue weighted by Gasteiger charge is 2.37. The van der Waals surface area contributed by atoms with Crippen molar-refractivity contribution in [1.82, 2.24) is 26.7 Å². The number of rotatable bonds is 6. The van der Waals surface area contributed by atoms with E-state index < -0.39 is 32.6 Å². The smallest absolute Gasteiger partial charge is 0.153 e. The number of halogens is 3. The van der Waals surface area contributed by atoms with Gasteiger partial charge >= 0.3 is 0 Å². The summed E-state index contributed by atoms with van der Waals surface area (Å²) in [4.78, 5) is 0. The molecule has 6 nitrogen and oxygen atoms in total. The van der Waals surface area contributed by atoms with Gasteiger partial charge in [0.2, 0.25) is 0 Å². The summed E-state index contributed by atoms with van der Waals surface area (Å²) >= 11 is 10.9. The Bertz CT molecular complexity index is 7640. The zero-order valence-electron chi connectivity index (χ0n) is 81.2. The fraction of sp³-hybridized carbons (Fsp3) is 0.288. The molecule has 12 aromatic carbocycles. The van der Waals surface area contributed by atoms with Gasteiger partial charge in [0, 0.05) is 211 Å². The molecule has 666 valence electrons. The number of benzene rings is 12. The van der Waals surface area contributed by atoms with Crippen LogP contribution in [0.1, 0.15) is 147 Å². The molecule has 6 heterocycles. The first kappa shape index (κ1) is 90.4. The highest BCUT2D eigenvalue weighted by Crippen LogP contribution is 2.52. The van der Waals surface area contributed by atoms with Gasteiger partial charge in [-0.25, -0.2) is 0 Å². The molecule has 0 radical (unpaired) electrons. The Labute approximate surface area is 806 Å². The summed E-state index contributed by atoms with van der Waals surface area (Å²) in [5.41, 5.74) is 48.3. The number of fused-ring (bicyclic) bond motifs is 30. The van der Waals surface area contributed by atoms with Gasteiger partial charge < -0.3 is 26.7 Å². The van der Waals surface area contributed by atoms with Crippen molar-refractivity contribution in [3.8, 4) is 66.8 Å². The van der Waals surface area contributed by atoms with Gasteiger partial charge in [0.05, 0.1) is 16.1 Å². The molecule has 6 aliphatic rings. The Morgan fingerprint density at radius 1 is 0.244 bits per heavy atom. The predicted molar refractivity (Wildman–Crippen MR) is 586 cm³/mol. The summed E-state index contributed by atoms with van der Waals surface area (Å²) in [5, 5.41) is 8.45. The molecule has 6 aliphatic carbocycles. The number of hydrogen-bond donors (Lipinski definition) is 0. The van der Waals surface area contributed by atoms with E-state index in [9.17, 15) is 0 Å². The standard InChI is InChI=1S/C23H29NSi.C22H27NSi.C20H21N.C19H20BrNSi.C18H18BrNSi.C16H12BrN/c1-23(2,3)17-11-12-20-19(14-17)22-18-10-8-7-9-16(18)13-21(22)24(20)15-25(4,5)6;1-22(2,3)16-11-12-19-18(14-16)21-17-10-8-7-9-15(17)13-20(21)23(19)24(4,5)6;1-20(2,3)14-9-10-17-16(12-14)19-15-8-6-5-7-13(15)11-18(19)21(17)4;1-22(2,3)12-21-17-9-8-14(20)11-16(17)19-15-7-5-4-6-13(15)10-18(19)21;1-21(2,3)20-16-9-8-13(19)11-15(16)18-14-7-5-4-6-12(14)10-17(18)20;1-18-14-7-6-11(17)9-13(14)16-12-5-3-2-4-10(12)8-15(16)18/h7-12,14H,13,15H2,1-6H3;7-12,14H,13H2,1-6H3;5-10,12H,11H2,1-4H3;4-9,11H,10,12H2,1-3H3;4-9,11H,10H2,1-3H3;2-7,9H,8H2,1H3. The van der Waals surface area contributed by atoms with Crippen molar-refractivity contribution in [2.45, 2.75) is 208 Å². The van der Waals surface area contributed by atoms with Crippen LogP contribution < -0.4 is 0 Å². The van der Waals surface area contributed by atoms with E-state index in [2.05, 4.69) is 484 Å². The molecule has 0 aliphatic heterocycles. The second-order valence-electron chi connectivity index (χ2n) is 45.3. The summed E-state index contributed by atoms with van der Waals surface area (Å²) in [6, 6.07) is 94.5. The lowest BCUT2D eigenvalue weighted by Gasteiger charge is -2.24. The first-order valence-corrected chi connectivity index (χ1v) is 64.0. The third-order valence-corrected chi connectivity index (χ3v) is 35.8. The largest absolute Gasteiger partial charge is 0.371 e. The van der Waals surface area contributed by atoms with Crippen molar-refractivity contribution in [2.24, 2.45) is 14.1 Å². The normalized spacial score (nSPS) is 13.6. The van der Waals surface area contributed by atoms with Crippen LogP contribution in [0.5, 0.6) is 0 Å². The molecule has 0 atom stereocenters. The minimum atomic E-state index is -1.49. The summed E-state index contributed by atoms with van der Waals surface area (Å²) in [5.74, 6) is 0. The first-order chi connectivity index (χ1) is 61.9. The third-order valence-electron chi connectivity index (χ3n) is 28.1. The first-order valence-electron chi connectivity index (χ1n) is 47.3. The average molecular weight is 1980 g/mol. The Morgan fingerprint density at radius 3 is 0.763 bits per heavy atom. The average Bonchev–Trinajstić information content (AvgIpc) is 1.58. The molecule has 0 bridgehead atoms. The summed E-state index contributed by atoms with van der Waals surface area (Å²) in [7, 11) is -0.980. The molecule has 0 spiro atoms. The van der Waals surface area contributed by atoms with Gasteiger partial charge in [0.1, 0.15) is 0 Å². The lowest BCUT2D eigenvalue weighted by Crippen LogP contribution is -2.33. The highest BCUT2D eigenvalue weighted by atomic mass is 79.9. The van der Waals surface area contributed by atoms with Crippen LogP contribution >= 0.6 is 47.8 Å². The third kappa shape index (κ3) is 16.6. The zero-order chi connectivity index (χ0) is 92.6. The number of aryl methyl sites for hydroxylation is 2. The summed E-state index contributed by atoms with van der Waals surface area (Å²) in [6.45, 7) is 50.1. The Hall–Kier alpha value is -9.81. The minimum absolute atomic E-state index is 0.181. The van der Waals surface area contributed by atoms with Crippen LogP contribution in [0.2, 0.25) is 78.6 Å². The molecule has 131 heavy (non-hydrogen) atoms. The van der Waals surface area contributed by atoms with Gasteiger partial charge in [-0.2, -0.15) is 0 Å². The molecule has 0 fully saturated rings. The van der Waals surface area contributed by atoms with Crippen molar-refractivity contribution < 1.29 is 0 Å². The minimum Gasteiger partial charge on any atom is -0.371 e. The van der Waals surface area contributed by atoms with E-state index in [-0.39, 0.29) is 16.2 Å². The zero-order valence-corrected chi connectivity index (χ0v) is 90.0. The van der Waals surface area contributed by atoms with Crippen molar-refractivity contribution >= 4 is 146 Å². The second-order valence-corrected chi connectivity index (χ2v) is 68.5. The van der Waals surface area contributed by atoms with Crippen molar-refractivity contribution in [3.05, 3.63) is 352 Å². The van der Waals surface area contributed by atoms with Gasteiger partial charge in [-0.1, -0.05) is 352 Å². The van der Waals surface area contributed by atoms with E-state index in [0.29, 0.717) is 0 Å². The maximum absolute atomic E-state index is 3.65. The van der Waals surface area contributed by atoms with Crippen LogP contribution in [0, 0.1) is 0 Å². The molecule has 0 saturated heterocycles. The van der Waals surface area contributed by atoms with Crippen LogP contribution in [0.4, 0.5) is 0 Å². The van der Waals surface area contributed by atoms with Crippen molar-refractivity contribution in [3.63, 3.8) is 0 Å². The maximum atomic E-state index is 3.65. The quantitative estimate of drug-likeness (QED) is 0.149. The fourth-order valence-electron chi connectivity index (χ4n) is 22.2. The van der Waals surface area contributed by atoms with Gasteiger partial charge in [-0.05, 0) is 191 Å². The predicted octanol–water partition coefficient (Wildman–Crippen LogP) is 33.6. The lowest BCUT2D eigenvalue weighted by molar-refractivity contribution is 0.591. The van der Waals surface area contributed by atoms with Crippen LogP contribution in [0.3, 0.4) is 0 Å². The van der Waals surface area contributed by atoms with E-state index in [1.165, 1.54) is 229 Å². The second kappa shape index (κ2) is 33.4. The molecule has 24 rings (SSSR count). The summed E-state index contributed by atoms with van der Waals surface area (Å²) in [6.07, 6.45) is 8.79. The molecule has 0 unspecified atom stereocenters. The molecular formula is C118H127Br3N6Si4.